The van der Waals surface area contributed by atoms with E-state index in [0.29, 0.717) is 13.0 Å². The summed E-state index contributed by atoms with van der Waals surface area (Å²) in [4.78, 5) is 11.5. The van der Waals surface area contributed by atoms with Crippen LogP contribution in [0.15, 0.2) is 30.3 Å². The van der Waals surface area contributed by atoms with Gasteiger partial charge in [-0.25, -0.2) is 0 Å². The van der Waals surface area contributed by atoms with Crippen molar-refractivity contribution >= 4 is 5.97 Å². The monoisotopic (exact) mass is 223 g/mol. The molecule has 0 saturated heterocycles. The summed E-state index contributed by atoms with van der Waals surface area (Å²) in [6.07, 6.45) is 0.449. The molecule has 0 aliphatic carbocycles. The molecule has 0 heterocycles. The standard InChI is InChI=1S/C12H17NO3/c13-7-6-11(8-14)12(15)16-9-10-4-2-1-3-5-10/h1-5,11,14H,6-9,13H2. The van der Waals surface area contributed by atoms with E-state index in [1.165, 1.54) is 0 Å². The van der Waals surface area contributed by atoms with Crippen molar-refractivity contribution in [3.05, 3.63) is 35.9 Å². The maximum absolute atomic E-state index is 11.5. The molecule has 0 aromatic heterocycles. The second kappa shape index (κ2) is 6.98. The highest BCUT2D eigenvalue weighted by Crippen LogP contribution is 2.07. The molecule has 0 aliphatic heterocycles. The summed E-state index contributed by atoms with van der Waals surface area (Å²) >= 11 is 0. The van der Waals surface area contributed by atoms with Gasteiger partial charge in [0.1, 0.15) is 6.61 Å². The van der Waals surface area contributed by atoms with Crippen LogP contribution in [0.2, 0.25) is 0 Å². The van der Waals surface area contributed by atoms with Gasteiger partial charge in [-0.2, -0.15) is 0 Å². The first-order chi connectivity index (χ1) is 7.77. The largest absolute Gasteiger partial charge is 0.461 e. The number of hydrogen-bond donors (Lipinski definition) is 2. The highest BCUT2D eigenvalue weighted by molar-refractivity contribution is 5.72. The Morgan fingerprint density at radius 2 is 2.06 bits per heavy atom. The van der Waals surface area contributed by atoms with Crippen molar-refractivity contribution in [2.24, 2.45) is 11.7 Å². The number of esters is 1. The zero-order valence-corrected chi connectivity index (χ0v) is 9.13. The average Bonchev–Trinajstić information content (AvgIpc) is 2.34. The highest BCUT2D eigenvalue weighted by Gasteiger charge is 2.17. The number of benzene rings is 1. The normalized spacial score (nSPS) is 12.1. The minimum Gasteiger partial charge on any atom is -0.461 e. The molecule has 16 heavy (non-hydrogen) atoms. The molecule has 1 aromatic rings. The molecule has 1 unspecified atom stereocenters. The molecule has 4 nitrogen and oxygen atoms in total. The maximum Gasteiger partial charge on any atom is 0.311 e. The molecule has 1 aromatic carbocycles. The Morgan fingerprint density at radius 3 is 2.62 bits per heavy atom. The van der Waals surface area contributed by atoms with Crippen molar-refractivity contribution in [2.45, 2.75) is 13.0 Å². The van der Waals surface area contributed by atoms with Crippen LogP contribution >= 0.6 is 0 Å². The Bertz CT molecular complexity index is 313. The molecule has 0 saturated carbocycles. The fraction of sp³-hybridized carbons (Fsp3) is 0.417. The SMILES string of the molecule is NCCC(CO)C(=O)OCc1ccccc1. The third kappa shape index (κ3) is 4.00. The molecule has 4 heteroatoms. The van der Waals surface area contributed by atoms with E-state index in [4.69, 9.17) is 15.6 Å². The van der Waals surface area contributed by atoms with E-state index in [1.807, 2.05) is 30.3 Å². The van der Waals surface area contributed by atoms with Crippen molar-refractivity contribution in [1.82, 2.24) is 0 Å². The lowest BCUT2D eigenvalue weighted by atomic mass is 10.1. The van der Waals surface area contributed by atoms with E-state index in [-0.39, 0.29) is 13.2 Å². The first-order valence-corrected chi connectivity index (χ1v) is 5.29. The van der Waals surface area contributed by atoms with E-state index in [2.05, 4.69) is 0 Å². The third-order valence-corrected chi connectivity index (χ3v) is 2.29. The van der Waals surface area contributed by atoms with E-state index in [1.54, 1.807) is 0 Å². The summed E-state index contributed by atoms with van der Waals surface area (Å²) in [5.41, 5.74) is 6.26. The Balaban J connectivity index is 2.40. The van der Waals surface area contributed by atoms with Crippen molar-refractivity contribution in [2.75, 3.05) is 13.2 Å². The van der Waals surface area contributed by atoms with Crippen LogP contribution in [0.1, 0.15) is 12.0 Å². The van der Waals surface area contributed by atoms with Gasteiger partial charge in [0, 0.05) is 0 Å². The first kappa shape index (κ1) is 12.7. The predicted molar refractivity (Wildman–Crippen MR) is 60.5 cm³/mol. The van der Waals surface area contributed by atoms with Crippen LogP contribution in [-0.2, 0) is 16.1 Å². The van der Waals surface area contributed by atoms with Crippen molar-refractivity contribution in [1.29, 1.82) is 0 Å². The molecule has 0 radical (unpaired) electrons. The fourth-order valence-corrected chi connectivity index (χ4v) is 1.33. The maximum atomic E-state index is 11.5. The minimum absolute atomic E-state index is 0.217. The van der Waals surface area contributed by atoms with E-state index >= 15 is 0 Å². The number of hydrogen-bond acceptors (Lipinski definition) is 4. The number of nitrogens with two attached hydrogens (primary N) is 1. The first-order valence-electron chi connectivity index (χ1n) is 5.29. The molecule has 3 N–H and O–H groups in total. The summed E-state index contributed by atoms with van der Waals surface area (Å²) < 4.78 is 5.08. The van der Waals surface area contributed by atoms with Crippen LogP contribution in [-0.4, -0.2) is 24.2 Å². The topological polar surface area (TPSA) is 72.5 Å². The minimum atomic E-state index is -0.506. The van der Waals surface area contributed by atoms with Gasteiger partial charge in [0.05, 0.1) is 12.5 Å². The molecule has 0 bridgehead atoms. The van der Waals surface area contributed by atoms with Gasteiger partial charge < -0.3 is 15.6 Å². The second-order valence-electron chi connectivity index (χ2n) is 3.55. The molecule has 0 spiro atoms. The molecule has 1 atom stereocenters. The average molecular weight is 223 g/mol. The molecular formula is C12H17NO3. The Kier molecular flexibility index (Phi) is 5.53. The van der Waals surface area contributed by atoms with Crippen LogP contribution < -0.4 is 5.73 Å². The number of aliphatic hydroxyl groups excluding tert-OH is 1. The molecular weight excluding hydrogens is 206 g/mol. The van der Waals surface area contributed by atoms with Gasteiger partial charge in [0.25, 0.3) is 0 Å². The number of ether oxygens (including phenoxy) is 1. The number of rotatable bonds is 6. The number of carbonyl (C=O) groups is 1. The molecule has 0 fully saturated rings. The summed E-state index contributed by atoms with van der Waals surface area (Å²) in [6, 6.07) is 9.42. The Hall–Kier alpha value is -1.39. The Labute approximate surface area is 95.0 Å². The van der Waals surface area contributed by atoms with Gasteiger partial charge in [-0.15, -0.1) is 0 Å². The van der Waals surface area contributed by atoms with Gasteiger partial charge in [-0.1, -0.05) is 30.3 Å². The summed E-state index contributed by atoms with van der Waals surface area (Å²) in [5.74, 6) is -0.898. The lowest BCUT2D eigenvalue weighted by Gasteiger charge is -2.12. The molecule has 1 rings (SSSR count). The van der Waals surface area contributed by atoms with Gasteiger partial charge in [0.15, 0.2) is 0 Å². The van der Waals surface area contributed by atoms with E-state index in [9.17, 15) is 4.79 Å². The van der Waals surface area contributed by atoms with Crippen LogP contribution in [0.25, 0.3) is 0 Å². The molecule has 0 aliphatic rings. The van der Waals surface area contributed by atoms with Crippen LogP contribution in [0.3, 0.4) is 0 Å². The summed E-state index contributed by atoms with van der Waals surface area (Å²) in [6.45, 7) is 0.386. The van der Waals surface area contributed by atoms with Gasteiger partial charge in [0.2, 0.25) is 0 Å². The fourth-order valence-electron chi connectivity index (χ4n) is 1.33. The van der Waals surface area contributed by atoms with E-state index in [0.717, 1.165) is 5.56 Å². The Morgan fingerprint density at radius 1 is 1.38 bits per heavy atom. The molecule has 88 valence electrons. The van der Waals surface area contributed by atoms with E-state index < -0.39 is 11.9 Å². The highest BCUT2D eigenvalue weighted by atomic mass is 16.5. The van der Waals surface area contributed by atoms with Crippen molar-refractivity contribution in [3.8, 4) is 0 Å². The summed E-state index contributed by atoms with van der Waals surface area (Å²) in [5, 5.41) is 8.97. The summed E-state index contributed by atoms with van der Waals surface area (Å²) in [7, 11) is 0. The predicted octanol–water partition coefficient (Wildman–Crippen LogP) is 0.687. The number of carbonyl (C=O) groups excluding carboxylic acids is 1. The van der Waals surface area contributed by atoms with Crippen LogP contribution in [0.4, 0.5) is 0 Å². The third-order valence-electron chi connectivity index (χ3n) is 2.29. The van der Waals surface area contributed by atoms with Gasteiger partial charge in [-0.3, -0.25) is 4.79 Å². The zero-order chi connectivity index (χ0) is 11.8. The van der Waals surface area contributed by atoms with Crippen LogP contribution in [0.5, 0.6) is 0 Å². The van der Waals surface area contributed by atoms with Crippen molar-refractivity contribution < 1.29 is 14.6 Å². The van der Waals surface area contributed by atoms with Crippen LogP contribution in [0, 0.1) is 5.92 Å². The molecule has 0 amide bonds. The lowest BCUT2D eigenvalue weighted by Crippen LogP contribution is -2.24. The number of aliphatic hydroxyl groups is 1. The lowest BCUT2D eigenvalue weighted by molar-refractivity contribution is -0.151. The quantitative estimate of drug-likeness (QED) is 0.696. The van der Waals surface area contributed by atoms with Crippen molar-refractivity contribution in [3.63, 3.8) is 0 Å². The smallest absolute Gasteiger partial charge is 0.311 e. The van der Waals surface area contributed by atoms with Gasteiger partial charge >= 0.3 is 5.97 Å². The van der Waals surface area contributed by atoms with Gasteiger partial charge in [-0.05, 0) is 18.5 Å². The zero-order valence-electron chi connectivity index (χ0n) is 9.13. The second-order valence-corrected chi connectivity index (χ2v) is 3.55.